The van der Waals surface area contributed by atoms with Crippen LogP contribution in [0.5, 0.6) is 0 Å². The van der Waals surface area contributed by atoms with E-state index < -0.39 is 5.60 Å². The molecule has 3 heterocycles. The number of aryl methyl sites for hydroxylation is 2. The van der Waals surface area contributed by atoms with Crippen molar-refractivity contribution in [2.24, 2.45) is 5.92 Å². The zero-order valence-electron chi connectivity index (χ0n) is 17.6. The second-order valence-electron chi connectivity index (χ2n) is 9.00. The summed E-state index contributed by atoms with van der Waals surface area (Å²) in [6.07, 6.45) is 3.94. The molecule has 2 aliphatic rings. The first-order valence-electron chi connectivity index (χ1n) is 10.7. The fourth-order valence-electron chi connectivity index (χ4n) is 4.81. The molecular formula is C23H29N3O3. The maximum Gasteiger partial charge on any atom is 0.141 e. The van der Waals surface area contributed by atoms with E-state index in [0.717, 1.165) is 57.8 Å². The van der Waals surface area contributed by atoms with Crippen LogP contribution in [0, 0.1) is 19.8 Å². The highest BCUT2D eigenvalue weighted by molar-refractivity contribution is 5.87. The zero-order valence-corrected chi connectivity index (χ0v) is 17.6. The summed E-state index contributed by atoms with van der Waals surface area (Å²) < 4.78 is 11.4. The first kappa shape index (κ1) is 18.8. The van der Waals surface area contributed by atoms with Gasteiger partial charge in [-0.15, -0.1) is 0 Å². The maximum absolute atomic E-state index is 12.1. The number of H-pyrrole nitrogens is 1. The van der Waals surface area contributed by atoms with E-state index in [4.69, 9.17) is 14.2 Å². The van der Waals surface area contributed by atoms with Crippen molar-refractivity contribution in [3.05, 3.63) is 35.0 Å². The normalized spacial score (nSPS) is 21.9. The average Bonchev–Trinajstić information content (AvgIpc) is 3.08. The summed E-state index contributed by atoms with van der Waals surface area (Å²) in [4.78, 5) is 8.48. The molecule has 2 unspecified atom stereocenters. The van der Waals surface area contributed by atoms with Crippen molar-refractivity contribution in [3.8, 4) is 11.1 Å². The van der Waals surface area contributed by atoms with E-state index in [2.05, 4.69) is 36.1 Å². The molecular weight excluding hydrogens is 366 g/mol. The molecule has 1 aliphatic heterocycles. The van der Waals surface area contributed by atoms with Gasteiger partial charge < -0.3 is 19.4 Å². The molecule has 0 radical (unpaired) electrons. The number of hydrogen-bond acceptors (Lipinski definition) is 5. The minimum Gasteiger partial charge on any atom is -0.382 e. The molecule has 1 saturated heterocycles. The van der Waals surface area contributed by atoms with Gasteiger partial charge in [-0.3, -0.25) is 0 Å². The molecule has 154 valence electrons. The third kappa shape index (κ3) is 2.92. The van der Waals surface area contributed by atoms with Gasteiger partial charge in [0.15, 0.2) is 0 Å². The molecule has 0 amide bonds. The van der Waals surface area contributed by atoms with Crippen LogP contribution in [0.25, 0.3) is 22.2 Å². The lowest BCUT2D eigenvalue weighted by molar-refractivity contribution is -0.118. The van der Waals surface area contributed by atoms with Crippen LogP contribution in [0.2, 0.25) is 0 Å². The Morgan fingerprint density at radius 1 is 1.21 bits per heavy atom. The van der Waals surface area contributed by atoms with E-state index in [1.165, 1.54) is 12.8 Å². The van der Waals surface area contributed by atoms with Gasteiger partial charge in [0.2, 0.25) is 0 Å². The summed E-state index contributed by atoms with van der Waals surface area (Å²) in [5.41, 5.74) is 4.36. The monoisotopic (exact) mass is 395 g/mol. The van der Waals surface area contributed by atoms with Gasteiger partial charge in [0.25, 0.3) is 0 Å². The first-order valence-corrected chi connectivity index (χ1v) is 10.7. The average molecular weight is 396 g/mol. The Hall–Kier alpha value is -2.18. The fraction of sp³-hybridized carbons (Fsp3) is 0.565. The second-order valence-corrected chi connectivity index (χ2v) is 9.00. The number of fused-ring (bicyclic) bond motifs is 1. The fourth-order valence-corrected chi connectivity index (χ4v) is 4.81. The molecule has 29 heavy (non-hydrogen) atoms. The summed E-state index contributed by atoms with van der Waals surface area (Å²) in [6, 6.07) is 4.19. The number of nitrogens with zero attached hydrogens (tertiary/aromatic N) is 2. The number of aliphatic hydroxyl groups is 1. The standard InChI is InChI=1S/C23H29N3O3/c1-12(2)23(27,19-6-5-9-28-19)17-10-16(20-13(3)26-29-14(20)4)11-18-21(17)25-22(24-18)15-7-8-15/h10-12,15,19,27H,5-9H2,1-4H3,(H,24,25). The van der Waals surface area contributed by atoms with Crippen molar-refractivity contribution in [1.82, 2.24) is 15.1 Å². The quantitative estimate of drug-likeness (QED) is 0.652. The Balaban J connectivity index is 1.77. The molecule has 1 aromatic carbocycles. The molecule has 6 heteroatoms. The molecule has 3 aromatic rings. The Morgan fingerprint density at radius 3 is 2.59 bits per heavy atom. The van der Waals surface area contributed by atoms with Crippen molar-refractivity contribution < 1.29 is 14.4 Å². The predicted octanol–water partition coefficient (Wildman–Crippen LogP) is 4.73. The van der Waals surface area contributed by atoms with Gasteiger partial charge >= 0.3 is 0 Å². The molecule has 5 rings (SSSR count). The van der Waals surface area contributed by atoms with E-state index in [1.807, 2.05) is 13.8 Å². The number of ether oxygens (including phenoxy) is 1. The van der Waals surface area contributed by atoms with Gasteiger partial charge in [-0.1, -0.05) is 19.0 Å². The number of imidazole rings is 1. The van der Waals surface area contributed by atoms with Gasteiger partial charge in [-0.25, -0.2) is 4.98 Å². The zero-order chi connectivity index (χ0) is 20.3. The predicted molar refractivity (Wildman–Crippen MR) is 111 cm³/mol. The van der Waals surface area contributed by atoms with E-state index in [-0.39, 0.29) is 12.0 Å². The minimum absolute atomic E-state index is 0.0187. The largest absolute Gasteiger partial charge is 0.382 e. The van der Waals surface area contributed by atoms with Crippen molar-refractivity contribution in [2.45, 2.75) is 71.0 Å². The molecule has 6 nitrogen and oxygen atoms in total. The summed E-state index contributed by atoms with van der Waals surface area (Å²) in [6.45, 7) is 8.69. The van der Waals surface area contributed by atoms with Crippen molar-refractivity contribution >= 4 is 11.0 Å². The summed E-state index contributed by atoms with van der Waals surface area (Å²) in [7, 11) is 0. The highest BCUT2D eigenvalue weighted by Gasteiger charge is 2.46. The lowest BCUT2D eigenvalue weighted by Gasteiger charge is -2.38. The molecule has 2 N–H and O–H groups in total. The molecule has 2 atom stereocenters. The second kappa shape index (κ2) is 6.67. The van der Waals surface area contributed by atoms with Crippen molar-refractivity contribution in [2.75, 3.05) is 6.61 Å². The molecule has 2 fully saturated rings. The van der Waals surface area contributed by atoms with Crippen LogP contribution in [0.1, 0.15) is 68.3 Å². The van der Waals surface area contributed by atoms with E-state index in [1.54, 1.807) is 0 Å². The number of rotatable bonds is 5. The number of aromatic amines is 1. The molecule has 0 bridgehead atoms. The lowest BCUT2D eigenvalue weighted by Crippen LogP contribution is -2.44. The summed E-state index contributed by atoms with van der Waals surface area (Å²) in [5.74, 6) is 2.29. The highest BCUT2D eigenvalue weighted by atomic mass is 16.5. The van der Waals surface area contributed by atoms with E-state index in [9.17, 15) is 5.11 Å². The first-order chi connectivity index (χ1) is 13.9. The van der Waals surface area contributed by atoms with Crippen LogP contribution in [0.4, 0.5) is 0 Å². The van der Waals surface area contributed by atoms with Gasteiger partial charge in [0.1, 0.15) is 17.2 Å². The van der Waals surface area contributed by atoms with Crippen molar-refractivity contribution in [3.63, 3.8) is 0 Å². The number of aromatic nitrogens is 3. The van der Waals surface area contributed by atoms with Gasteiger partial charge in [-0.2, -0.15) is 0 Å². The van der Waals surface area contributed by atoms with Crippen LogP contribution in [0.3, 0.4) is 0 Å². The Bertz CT molecular complexity index is 1040. The summed E-state index contributed by atoms with van der Waals surface area (Å²) in [5, 5.41) is 16.2. The third-order valence-electron chi connectivity index (χ3n) is 6.62. The van der Waals surface area contributed by atoms with E-state index in [0.29, 0.717) is 12.5 Å². The van der Waals surface area contributed by atoms with Gasteiger partial charge in [-0.05, 0) is 63.1 Å². The minimum atomic E-state index is -1.11. The third-order valence-corrected chi connectivity index (χ3v) is 6.62. The van der Waals surface area contributed by atoms with E-state index >= 15 is 0 Å². The lowest BCUT2D eigenvalue weighted by atomic mass is 9.76. The maximum atomic E-state index is 12.1. The highest BCUT2D eigenvalue weighted by Crippen LogP contribution is 2.45. The SMILES string of the molecule is Cc1noc(C)c1-c1cc(C(O)(C(C)C)C2CCCO2)c2nc(C3CC3)[nH]c2c1. The van der Waals surface area contributed by atoms with Crippen LogP contribution in [-0.4, -0.2) is 32.9 Å². The summed E-state index contributed by atoms with van der Waals surface area (Å²) >= 11 is 0. The Kier molecular flexibility index (Phi) is 4.33. The number of nitrogens with one attached hydrogen (secondary N) is 1. The van der Waals surface area contributed by atoms with Crippen LogP contribution in [-0.2, 0) is 10.3 Å². The van der Waals surface area contributed by atoms with Crippen LogP contribution in [0.15, 0.2) is 16.7 Å². The smallest absolute Gasteiger partial charge is 0.141 e. The van der Waals surface area contributed by atoms with Gasteiger partial charge in [0, 0.05) is 23.7 Å². The Labute approximate surface area is 170 Å². The van der Waals surface area contributed by atoms with Crippen LogP contribution >= 0.6 is 0 Å². The topological polar surface area (TPSA) is 84.2 Å². The molecule has 1 saturated carbocycles. The molecule has 2 aromatic heterocycles. The molecule has 0 spiro atoms. The Morgan fingerprint density at radius 2 is 2.00 bits per heavy atom. The molecule has 1 aliphatic carbocycles. The van der Waals surface area contributed by atoms with Crippen LogP contribution < -0.4 is 0 Å². The van der Waals surface area contributed by atoms with Crippen molar-refractivity contribution in [1.29, 1.82) is 0 Å². The van der Waals surface area contributed by atoms with Gasteiger partial charge in [0.05, 0.1) is 22.8 Å². The number of hydrogen-bond donors (Lipinski definition) is 2. The number of benzene rings is 1.